The van der Waals surface area contributed by atoms with Crippen LogP contribution in [0.3, 0.4) is 0 Å². The third-order valence-corrected chi connectivity index (χ3v) is 8.28. The minimum atomic E-state index is -5.75. The number of halogens is 1. The van der Waals surface area contributed by atoms with Crippen molar-refractivity contribution in [2.24, 2.45) is 16.6 Å². The molecule has 7 N–H and O–H groups in total. The van der Waals surface area contributed by atoms with Gasteiger partial charge in [0.1, 0.15) is 23.4 Å². The lowest BCUT2D eigenvalue weighted by Crippen LogP contribution is -2.50. The van der Waals surface area contributed by atoms with Gasteiger partial charge in [0.15, 0.2) is 12.4 Å². The molecule has 32 heavy (non-hydrogen) atoms. The maximum absolute atomic E-state index is 15.0. The number of phosphoric ester groups is 1. The van der Waals surface area contributed by atoms with Crippen molar-refractivity contribution in [3.05, 3.63) is 24.7 Å². The predicted octanol–water partition coefficient (Wildman–Crippen LogP) is 0.438. The Morgan fingerprint density at radius 3 is 2.38 bits per heavy atom. The van der Waals surface area contributed by atoms with Gasteiger partial charge in [0.2, 0.25) is 0 Å². The Morgan fingerprint density at radius 1 is 1.28 bits per heavy atom. The molecule has 1 saturated heterocycles. The highest BCUT2D eigenvalue weighted by Crippen LogP contribution is 2.66. The monoisotopic (exact) mass is 525 g/mol. The number of amidine groups is 1. The van der Waals surface area contributed by atoms with Crippen molar-refractivity contribution in [3.8, 4) is 0 Å². The molecule has 0 bridgehead atoms. The van der Waals surface area contributed by atoms with Crippen molar-refractivity contribution in [3.63, 3.8) is 0 Å². The highest BCUT2D eigenvalue weighted by atomic mass is 31.3. The number of ether oxygens (including phenoxy) is 1. The van der Waals surface area contributed by atoms with Gasteiger partial charge >= 0.3 is 23.5 Å². The van der Waals surface area contributed by atoms with E-state index in [4.69, 9.17) is 20.3 Å². The molecule has 2 aliphatic heterocycles. The molecule has 184 valence electrons. The van der Waals surface area contributed by atoms with Gasteiger partial charge in [-0.2, -0.15) is 8.62 Å². The third-order valence-electron chi connectivity index (χ3n) is 4.50. The van der Waals surface area contributed by atoms with E-state index in [9.17, 15) is 33.0 Å². The number of alkyl halides is 1. The molecule has 0 saturated carbocycles. The van der Waals surface area contributed by atoms with Crippen molar-refractivity contribution in [1.82, 2.24) is 4.90 Å². The van der Waals surface area contributed by atoms with Crippen LogP contribution in [0.4, 0.5) is 4.39 Å². The molecule has 0 aromatic carbocycles. The fraction of sp³-hybridized carbons (Fsp3) is 0.615. The van der Waals surface area contributed by atoms with E-state index < -0.39 is 60.1 Å². The van der Waals surface area contributed by atoms with E-state index in [1.165, 1.54) is 26.1 Å². The topological polar surface area (TPSA) is 231 Å². The second-order valence-corrected chi connectivity index (χ2v) is 11.5. The zero-order valence-corrected chi connectivity index (χ0v) is 19.3. The molecule has 1 fully saturated rings. The molecule has 0 radical (unpaired) electrons. The molecule has 2 rings (SSSR count). The van der Waals surface area contributed by atoms with Crippen molar-refractivity contribution in [2.75, 3.05) is 6.61 Å². The van der Waals surface area contributed by atoms with Crippen molar-refractivity contribution in [2.45, 2.75) is 38.0 Å². The first-order valence-corrected chi connectivity index (χ1v) is 13.2. The van der Waals surface area contributed by atoms with Crippen LogP contribution in [0.5, 0.6) is 0 Å². The molecule has 0 aromatic heterocycles. The van der Waals surface area contributed by atoms with Crippen LogP contribution in [0.25, 0.3) is 0 Å². The number of nitrogens with zero attached hydrogens (tertiary/aromatic N) is 2. The number of aliphatic hydroxyl groups is 1. The average Bonchev–Trinajstić information content (AvgIpc) is 2.83. The van der Waals surface area contributed by atoms with Crippen LogP contribution in [0.2, 0.25) is 0 Å². The van der Waals surface area contributed by atoms with Gasteiger partial charge in [-0.05, 0) is 12.0 Å². The quantitative estimate of drug-likeness (QED) is 0.224. The molecule has 2 unspecified atom stereocenters. The lowest BCUT2D eigenvalue weighted by atomic mass is 9.85. The molecule has 19 heteroatoms. The fourth-order valence-corrected chi connectivity index (χ4v) is 6.02. The van der Waals surface area contributed by atoms with Gasteiger partial charge in [0.05, 0.1) is 6.61 Å². The number of hydrogen-bond acceptors (Lipinski definition) is 11. The molecule has 2 aliphatic rings. The summed E-state index contributed by atoms with van der Waals surface area (Å²) >= 11 is 0. The number of nitrogens with two attached hydrogens (primary N) is 1. The van der Waals surface area contributed by atoms with E-state index in [-0.39, 0.29) is 11.7 Å². The zero-order chi connectivity index (χ0) is 24.7. The fourth-order valence-electron chi connectivity index (χ4n) is 2.96. The van der Waals surface area contributed by atoms with Crippen LogP contribution >= 0.6 is 23.5 Å². The van der Waals surface area contributed by atoms with Crippen molar-refractivity contribution in [1.29, 1.82) is 0 Å². The summed E-state index contributed by atoms with van der Waals surface area (Å²) < 4.78 is 66.7. The van der Waals surface area contributed by atoms with Crippen LogP contribution in [0.1, 0.15) is 13.8 Å². The first-order valence-electron chi connectivity index (χ1n) is 8.67. The molecule has 0 amide bonds. The lowest BCUT2D eigenvalue weighted by molar-refractivity contribution is -0.155. The summed E-state index contributed by atoms with van der Waals surface area (Å²) in [5.41, 5.74) is 3.55. The highest BCUT2D eigenvalue weighted by molar-refractivity contribution is 7.66. The van der Waals surface area contributed by atoms with Crippen LogP contribution < -0.4 is 5.73 Å². The summed E-state index contributed by atoms with van der Waals surface area (Å²) in [6.45, 7) is 5.50. The lowest BCUT2D eigenvalue weighted by Gasteiger charge is -2.36. The van der Waals surface area contributed by atoms with Gasteiger partial charge in [-0.1, -0.05) is 20.4 Å². The smallest absolute Gasteiger partial charge is 0.387 e. The Bertz CT molecular complexity index is 954. The summed E-state index contributed by atoms with van der Waals surface area (Å²) in [7, 11) is -16.9. The Morgan fingerprint density at radius 2 is 1.88 bits per heavy atom. The van der Waals surface area contributed by atoms with E-state index in [0.717, 1.165) is 4.90 Å². The molecule has 6 atom stereocenters. The van der Waals surface area contributed by atoms with Gasteiger partial charge in [0, 0.05) is 6.20 Å². The number of aliphatic hydroxyl groups excluding tert-OH is 1. The summed E-state index contributed by atoms with van der Waals surface area (Å²) in [6.07, 6.45) is -2.91. The largest absolute Gasteiger partial charge is 0.490 e. The first kappa shape index (κ1) is 27.3. The zero-order valence-electron chi connectivity index (χ0n) is 16.7. The van der Waals surface area contributed by atoms with Gasteiger partial charge in [0.25, 0.3) is 0 Å². The maximum atomic E-state index is 15.0. The van der Waals surface area contributed by atoms with E-state index in [1.54, 1.807) is 0 Å². The standard InChI is InChI=1S/C13H23FN3O12P3/c1-7(2)13(6-26-31(22,23)29-32(24,25)28-30(19,20)21)11(18)10(14)12(27-13)17-5-4-9(15)16-8(17)3/h4-5,7,10-12,18H,3,6H2,1-2H3,(H2,15,16)(H,22,23)(H,24,25)(H2,19,20,21)/t10-,11+,12-,13+/m1/s1. The number of rotatable bonds is 9. The van der Waals surface area contributed by atoms with Gasteiger partial charge < -0.3 is 40.1 Å². The summed E-state index contributed by atoms with van der Waals surface area (Å²) in [6, 6.07) is 0. The molecule has 15 nitrogen and oxygen atoms in total. The van der Waals surface area contributed by atoms with Crippen LogP contribution in [0.15, 0.2) is 29.7 Å². The minimum Gasteiger partial charge on any atom is -0.387 e. The summed E-state index contributed by atoms with van der Waals surface area (Å²) in [5.74, 6) is -0.691. The maximum Gasteiger partial charge on any atom is 0.490 e. The highest BCUT2D eigenvalue weighted by Gasteiger charge is 2.59. The van der Waals surface area contributed by atoms with Gasteiger partial charge in [-0.3, -0.25) is 4.52 Å². The average molecular weight is 525 g/mol. The number of aliphatic imine (C=N–C) groups is 1. The normalized spacial score (nSPS) is 32.7. The van der Waals surface area contributed by atoms with E-state index in [1.807, 2.05) is 0 Å². The molecule has 2 heterocycles. The van der Waals surface area contributed by atoms with Crippen LogP contribution in [0, 0.1) is 5.92 Å². The Hall–Kier alpha value is -0.990. The molecule has 0 aliphatic carbocycles. The van der Waals surface area contributed by atoms with Crippen LogP contribution in [-0.4, -0.2) is 66.1 Å². The van der Waals surface area contributed by atoms with E-state index >= 15 is 0 Å². The minimum absolute atomic E-state index is 0.0164. The third kappa shape index (κ3) is 6.32. The molecular weight excluding hydrogens is 502 g/mol. The van der Waals surface area contributed by atoms with Gasteiger partial charge in [-0.15, -0.1) is 0 Å². The van der Waals surface area contributed by atoms with E-state index in [2.05, 4.69) is 24.7 Å². The summed E-state index contributed by atoms with van der Waals surface area (Å²) in [5, 5.41) is 10.5. The van der Waals surface area contributed by atoms with Crippen LogP contribution in [-0.2, 0) is 31.6 Å². The predicted molar refractivity (Wildman–Crippen MR) is 105 cm³/mol. The number of phosphoric acid groups is 3. The molecule has 0 spiro atoms. The Kier molecular flexibility index (Phi) is 7.95. The Balaban J connectivity index is 2.21. The van der Waals surface area contributed by atoms with Crippen molar-refractivity contribution >= 4 is 29.3 Å². The summed E-state index contributed by atoms with van der Waals surface area (Å²) in [4.78, 5) is 41.0. The second kappa shape index (κ2) is 9.34. The second-order valence-electron chi connectivity index (χ2n) is 7.05. The van der Waals surface area contributed by atoms with Gasteiger partial charge in [-0.25, -0.2) is 23.1 Å². The molecular formula is C13H23FN3O12P3. The first-order chi connectivity index (χ1) is 14.4. The molecule has 0 aromatic rings. The Labute approximate surface area is 181 Å². The van der Waals surface area contributed by atoms with Crippen molar-refractivity contribution < 1.29 is 60.6 Å². The SMILES string of the molecule is C=C1N=C(N)C=CN1[C@@H]1O[C@@](COP(=O)(O)OP(=O)(O)OP(=O)(O)O)(C(C)C)[C@@H](O)[C@H]1F. The number of hydrogen-bond donors (Lipinski definition) is 6. The van der Waals surface area contributed by atoms with E-state index in [0.29, 0.717) is 0 Å².